The molecule has 0 aliphatic carbocycles. The van der Waals surface area contributed by atoms with Crippen molar-refractivity contribution in [1.29, 1.82) is 0 Å². The SMILES string of the molecule is c1ccc2cc(-c3nc(-c4cccc5oc6cc(-c7cccc8sc9ccccc9c78)ccc6c45)nc(-c4cccc5sc6ccccc6c45)n3)ccc2c1. The molecule has 55 heavy (non-hydrogen) atoms. The normalized spacial score (nSPS) is 12.0. The summed E-state index contributed by atoms with van der Waals surface area (Å²) in [5, 5.41) is 9.26. The van der Waals surface area contributed by atoms with Gasteiger partial charge in [-0.3, -0.25) is 0 Å². The Morgan fingerprint density at radius 1 is 0.345 bits per heavy atom. The van der Waals surface area contributed by atoms with Crippen molar-refractivity contribution in [3.63, 3.8) is 0 Å². The summed E-state index contributed by atoms with van der Waals surface area (Å²) in [5.41, 5.74) is 6.79. The van der Waals surface area contributed by atoms with Crippen LogP contribution in [-0.4, -0.2) is 15.0 Å². The van der Waals surface area contributed by atoms with Crippen LogP contribution in [0.1, 0.15) is 0 Å². The van der Waals surface area contributed by atoms with Gasteiger partial charge >= 0.3 is 0 Å². The zero-order valence-corrected chi connectivity index (χ0v) is 30.8. The quantitative estimate of drug-likeness (QED) is 0.180. The monoisotopic (exact) mass is 737 g/mol. The van der Waals surface area contributed by atoms with Gasteiger partial charge in [0, 0.05) is 67.8 Å². The minimum absolute atomic E-state index is 0.608. The smallest absolute Gasteiger partial charge is 0.164 e. The molecule has 4 heterocycles. The van der Waals surface area contributed by atoms with Crippen LogP contribution in [0.15, 0.2) is 168 Å². The van der Waals surface area contributed by atoms with E-state index < -0.39 is 0 Å². The fourth-order valence-corrected chi connectivity index (χ4v) is 10.5. The van der Waals surface area contributed by atoms with E-state index in [4.69, 9.17) is 19.4 Å². The number of hydrogen-bond acceptors (Lipinski definition) is 6. The molecule has 8 aromatic carbocycles. The molecule has 4 nitrogen and oxygen atoms in total. The number of fused-ring (bicyclic) bond motifs is 10. The van der Waals surface area contributed by atoms with Crippen LogP contribution in [0.2, 0.25) is 0 Å². The van der Waals surface area contributed by atoms with Crippen molar-refractivity contribution >= 4 is 95.7 Å². The van der Waals surface area contributed by atoms with Gasteiger partial charge in [0.1, 0.15) is 11.2 Å². The maximum atomic E-state index is 6.66. The average Bonchev–Trinajstić information content (AvgIpc) is 3.94. The van der Waals surface area contributed by atoms with Crippen LogP contribution in [0.25, 0.3) is 118 Å². The molecule has 12 aromatic rings. The Balaban J connectivity index is 1.08. The third-order valence-corrected chi connectivity index (χ3v) is 13.0. The van der Waals surface area contributed by atoms with E-state index in [-0.39, 0.29) is 0 Å². The lowest BCUT2D eigenvalue weighted by Crippen LogP contribution is -2.00. The van der Waals surface area contributed by atoms with Crippen LogP contribution in [-0.2, 0) is 0 Å². The molecule has 0 fully saturated rings. The van der Waals surface area contributed by atoms with Crippen LogP contribution in [0, 0.1) is 0 Å². The zero-order valence-electron chi connectivity index (χ0n) is 29.2. The maximum Gasteiger partial charge on any atom is 0.164 e. The van der Waals surface area contributed by atoms with Crippen molar-refractivity contribution in [2.45, 2.75) is 0 Å². The van der Waals surface area contributed by atoms with Gasteiger partial charge in [-0.2, -0.15) is 0 Å². The topological polar surface area (TPSA) is 51.8 Å². The lowest BCUT2D eigenvalue weighted by atomic mass is 9.98. The highest BCUT2D eigenvalue weighted by Crippen LogP contribution is 2.44. The van der Waals surface area contributed by atoms with Gasteiger partial charge in [0.25, 0.3) is 0 Å². The van der Waals surface area contributed by atoms with E-state index in [2.05, 4.69) is 152 Å². The summed E-state index contributed by atoms with van der Waals surface area (Å²) in [5.74, 6) is 1.88. The number of hydrogen-bond donors (Lipinski definition) is 0. The molecule has 0 bridgehead atoms. The second-order valence-corrected chi connectivity index (χ2v) is 16.1. The van der Waals surface area contributed by atoms with Gasteiger partial charge in [0.2, 0.25) is 0 Å². The van der Waals surface area contributed by atoms with Crippen molar-refractivity contribution < 1.29 is 4.42 Å². The molecule has 6 heteroatoms. The second kappa shape index (κ2) is 11.9. The van der Waals surface area contributed by atoms with E-state index in [1.54, 1.807) is 11.3 Å². The fraction of sp³-hybridized carbons (Fsp3) is 0. The lowest BCUT2D eigenvalue weighted by Gasteiger charge is -2.11. The van der Waals surface area contributed by atoms with E-state index in [1.807, 2.05) is 23.5 Å². The van der Waals surface area contributed by atoms with Crippen LogP contribution in [0.4, 0.5) is 0 Å². The first-order valence-corrected chi connectivity index (χ1v) is 19.9. The highest BCUT2D eigenvalue weighted by atomic mass is 32.1. The van der Waals surface area contributed by atoms with Gasteiger partial charge in [0.15, 0.2) is 17.5 Å². The first-order valence-electron chi connectivity index (χ1n) is 18.3. The number of thiophene rings is 2. The summed E-state index contributed by atoms with van der Waals surface area (Å²) in [6.45, 7) is 0. The Hall–Kier alpha value is -6.73. The van der Waals surface area contributed by atoms with E-state index >= 15 is 0 Å². The van der Waals surface area contributed by atoms with E-state index in [1.165, 1.54) is 45.9 Å². The van der Waals surface area contributed by atoms with E-state index in [0.29, 0.717) is 17.5 Å². The Bertz CT molecular complexity index is 3520. The van der Waals surface area contributed by atoms with E-state index in [9.17, 15) is 0 Å². The average molecular weight is 738 g/mol. The minimum Gasteiger partial charge on any atom is -0.456 e. The standard InChI is InChI=1S/C49H27N3OS2/c1-2-11-29-26-31(23-22-28(29)10-1)47-50-48(52-49(51-47)37-16-9-21-43-46(37)35-13-4-6-19-41(35)55-43)36-15-7-17-38-44(36)33-25-24-30(27-39(33)53-38)32-14-8-20-42-45(32)34-12-3-5-18-40(34)54-42/h1-27H. The molecule has 0 aliphatic heterocycles. The van der Waals surface area contributed by atoms with Crippen LogP contribution in [0.5, 0.6) is 0 Å². The zero-order chi connectivity index (χ0) is 36.0. The fourth-order valence-electron chi connectivity index (χ4n) is 8.23. The molecule has 0 spiro atoms. The Morgan fingerprint density at radius 3 is 1.65 bits per heavy atom. The van der Waals surface area contributed by atoms with Crippen LogP contribution in [0.3, 0.4) is 0 Å². The molecule has 0 saturated carbocycles. The largest absolute Gasteiger partial charge is 0.456 e. The van der Waals surface area contributed by atoms with Crippen molar-refractivity contribution in [3.05, 3.63) is 164 Å². The first-order chi connectivity index (χ1) is 27.2. The van der Waals surface area contributed by atoms with Gasteiger partial charge in [-0.25, -0.2) is 15.0 Å². The predicted molar refractivity (Wildman–Crippen MR) is 232 cm³/mol. The molecular weight excluding hydrogens is 711 g/mol. The van der Waals surface area contributed by atoms with Crippen LogP contribution >= 0.6 is 22.7 Å². The molecule has 0 atom stereocenters. The number of furan rings is 1. The summed E-state index contributed by atoms with van der Waals surface area (Å²) in [6.07, 6.45) is 0. The molecule has 0 unspecified atom stereocenters. The predicted octanol–water partition coefficient (Wildman–Crippen LogP) is 14.3. The second-order valence-electron chi connectivity index (χ2n) is 13.9. The summed E-state index contributed by atoms with van der Waals surface area (Å²) in [6, 6.07) is 57.8. The third-order valence-electron chi connectivity index (χ3n) is 10.7. The van der Waals surface area contributed by atoms with E-state index in [0.717, 1.165) is 55.0 Å². The number of rotatable bonds is 4. The third kappa shape index (κ3) is 4.79. The molecule has 256 valence electrons. The molecule has 12 rings (SSSR count). The summed E-state index contributed by atoms with van der Waals surface area (Å²) in [7, 11) is 0. The maximum absolute atomic E-state index is 6.66. The van der Waals surface area contributed by atoms with Gasteiger partial charge in [0.05, 0.1) is 0 Å². The molecule has 0 saturated heterocycles. The van der Waals surface area contributed by atoms with Crippen molar-refractivity contribution in [1.82, 2.24) is 15.0 Å². The molecule has 0 amide bonds. The minimum atomic E-state index is 0.608. The van der Waals surface area contributed by atoms with Gasteiger partial charge in [-0.1, -0.05) is 115 Å². The lowest BCUT2D eigenvalue weighted by molar-refractivity contribution is 0.669. The van der Waals surface area contributed by atoms with Crippen LogP contribution < -0.4 is 0 Å². The van der Waals surface area contributed by atoms with Crippen molar-refractivity contribution in [3.8, 4) is 45.3 Å². The summed E-state index contributed by atoms with van der Waals surface area (Å²) >= 11 is 3.63. The molecule has 4 aromatic heterocycles. The highest BCUT2D eigenvalue weighted by molar-refractivity contribution is 7.26. The Morgan fingerprint density at radius 2 is 0.909 bits per heavy atom. The molecular formula is C49H27N3OS2. The van der Waals surface area contributed by atoms with Gasteiger partial charge in [-0.15, -0.1) is 22.7 Å². The Kier molecular flexibility index (Phi) is 6.64. The van der Waals surface area contributed by atoms with Gasteiger partial charge in [-0.05, 0) is 70.4 Å². The van der Waals surface area contributed by atoms with Gasteiger partial charge < -0.3 is 4.42 Å². The number of aromatic nitrogens is 3. The highest BCUT2D eigenvalue weighted by Gasteiger charge is 2.21. The number of nitrogens with zero attached hydrogens (tertiary/aromatic N) is 3. The molecule has 0 radical (unpaired) electrons. The summed E-state index contributed by atoms with van der Waals surface area (Å²) < 4.78 is 11.7. The summed E-state index contributed by atoms with van der Waals surface area (Å²) in [4.78, 5) is 15.8. The molecule has 0 aliphatic rings. The number of benzene rings is 8. The Labute approximate surface area is 322 Å². The first kappa shape index (κ1) is 30.7. The molecule has 0 N–H and O–H groups in total. The van der Waals surface area contributed by atoms with Crippen molar-refractivity contribution in [2.24, 2.45) is 0 Å². The van der Waals surface area contributed by atoms with Crippen molar-refractivity contribution in [2.75, 3.05) is 0 Å².